The van der Waals surface area contributed by atoms with Crippen LogP contribution in [-0.4, -0.2) is 12.8 Å². The Hall–Kier alpha value is -1.60. The van der Waals surface area contributed by atoms with E-state index in [2.05, 4.69) is 26.0 Å². The second-order valence-electron chi connectivity index (χ2n) is 2.74. The van der Waals surface area contributed by atoms with Gasteiger partial charge in [-0.2, -0.15) is 9.59 Å². The van der Waals surface area contributed by atoms with Crippen LogP contribution >= 0.6 is 0 Å². The van der Waals surface area contributed by atoms with E-state index in [1.165, 1.54) is 5.56 Å². The van der Waals surface area contributed by atoms with Crippen LogP contribution in [0, 0.1) is 6.92 Å². The Balaban J connectivity index is 0.000000500. The number of aryl methyl sites for hydroxylation is 1. The maximum absolute atomic E-state index is 8.12. The van der Waals surface area contributed by atoms with E-state index >= 15 is 0 Å². The molecule has 0 heterocycles. The van der Waals surface area contributed by atoms with Gasteiger partial charge < -0.3 is 4.74 Å². The molecule has 1 aromatic rings. The first-order valence-electron chi connectivity index (χ1n) is 4.43. The molecule has 14 heavy (non-hydrogen) atoms. The summed E-state index contributed by atoms with van der Waals surface area (Å²) in [4.78, 5) is 16.2. The van der Waals surface area contributed by atoms with Crippen molar-refractivity contribution in [2.24, 2.45) is 0 Å². The quantitative estimate of drug-likeness (QED) is 0.740. The van der Waals surface area contributed by atoms with Crippen LogP contribution in [0.25, 0.3) is 0 Å². The highest BCUT2D eigenvalue weighted by molar-refractivity contribution is 5.26. The minimum absolute atomic E-state index is 0.250. The Labute approximate surface area is 83.7 Å². The zero-order valence-electron chi connectivity index (χ0n) is 8.45. The number of benzene rings is 1. The first kappa shape index (κ1) is 12.4. The third-order valence-corrected chi connectivity index (χ3v) is 1.49. The number of carbonyl (C=O) groups excluding carboxylic acids is 2. The Morgan fingerprint density at radius 1 is 1.21 bits per heavy atom. The molecule has 0 amide bonds. The van der Waals surface area contributed by atoms with E-state index in [-0.39, 0.29) is 6.15 Å². The second-order valence-corrected chi connectivity index (χ2v) is 2.74. The Morgan fingerprint density at radius 2 is 1.71 bits per heavy atom. The molecule has 0 atom stereocenters. The number of hydrogen-bond acceptors (Lipinski definition) is 3. The lowest BCUT2D eigenvalue weighted by Gasteiger charge is -2.03. The molecule has 0 radical (unpaired) electrons. The van der Waals surface area contributed by atoms with Crippen LogP contribution in [0.4, 0.5) is 0 Å². The van der Waals surface area contributed by atoms with Gasteiger partial charge in [-0.05, 0) is 25.5 Å². The lowest BCUT2D eigenvalue weighted by molar-refractivity contribution is -0.191. The summed E-state index contributed by atoms with van der Waals surface area (Å²) in [5, 5.41) is 0. The number of ether oxygens (including phenoxy) is 1. The lowest BCUT2D eigenvalue weighted by atomic mass is 10.2. The molecule has 0 saturated heterocycles. The molecule has 0 aliphatic carbocycles. The summed E-state index contributed by atoms with van der Waals surface area (Å²) in [6.07, 6.45) is 1.31. The van der Waals surface area contributed by atoms with E-state index in [9.17, 15) is 0 Å². The molecule has 1 rings (SSSR count). The molecular formula is C11H14O3. The van der Waals surface area contributed by atoms with E-state index in [0.717, 1.165) is 18.8 Å². The van der Waals surface area contributed by atoms with E-state index in [1.807, 2.05) is 12.1 Å². The molecule has 0 saturated carbocycles. The van der Waals surface area contributed by atoms with Gasteiger partial charge in [-0.1, -0.05) is 24.6 Å². The van der Waals surface area contributed by atoms with Crippen molar-refractivity contribution in [1.29, 1.82) is 0 Å². The van der Waals surface area contributed by atoms with Crippen molar-refractivity contribution in [3.63, 3.8) is 0 Å². The summed E-state index contributed by atoms with van der Waals surface area (Å²) >= 11 is 0. The number of hydrogen-bond donors (Lipinski definition) is 0. The summed E-state index contributed by atoms with van der Waals surface area (Å²) in [6, 6.07) is 8.13. The molecule has 0 aromatic heterocycles. The first-order chi connectivity index (χ1) is 6.74. The average Bonchev–Trinajstić information content (AvgIpc) is 2.18. The standard InChI is InChI=1S/C10H14O.CO2/c1-3-8-11-10-6-4-9(2)5-7-10;2-1-3/h4-7H,3,8H2,1-2H3;. The molecule has 0 bridgehead atoms. The zero-order chi connectivity index (χ0) is 10.8. The molecule has 0 fully saturated rings. The molecule has 0 spiro atoms. The fourth-order valence-electron chi connectivity index (χ4n) is 0.854. The minimum Gasteiger partial charge on any atom is -0.494 e. The Morgan fingerprint density at radius 3 is 2.14 bits per heavy atom. The van der Waals surface area contributed by atoms with Gasteiger partial charge in [-0.25, -0.2) is 0 Å². The van der Waals surface area contributed by atoms with Crippen LogP contribution in [-0.2, 0) is 9.59 Å². The third-order valence-electron chi connectivity index (χ3n) is 1.49. The van der Waals surface area contributed by atoms with Gasteiger partial charge in [-0.3, -0.25) is 0 Å². The summed E-state index contributed by atoms with van der Waals surface area (Å²) in [5.41, 5.74) is 1.27. The first-order valence-corrected chi connectivity index (χ1v) is 4.43. The summed E-state index contributed by atoms with van der Waals surface area (Å²) < 4.78 is 5.41. The minimum atomic E-state index is 0.250. The molecule has 1 aromatic carbocycles. The van der Waals surface area contributed by atoms with Crippen LogP contribution in [0.2, 0.25) is 0 Å². The zero-order valence-corrected chi connectivity index (χ0v) is 8.45. The van der Waals surface area contributed by atoms with Crippen molar-refractivity contribution < 1.29 is 14.3 Å². The Bertz CT molecular complexity index is 271. The average molecular weight is 194 g/mol. The summed E-state index contributed by atoms with van der Waals surface area (Å²) in [7, 11) is 0. The molecule has 0 aliphatic rings. The highest BCUT2D eigenvalue weighted by Crippen LogP contribution is 2.11. The van der Waals surface area contributed by atoms with E-state index < -0.39 is 0 Å². The molecule has 76 valence electrons. The normalized spacial score (nSPS) is 8.14. The van der Waals surface area contributed by atoms with Gasteiger partial charge in [0.15, 0.2) is 0 Å². The topological polar surface area (TPSA) is 43.4 Å². The third kappa shape index (κ3) is 5.98. The smallest absolute Gasteiger partial charge is 0.373 e. The van der Waals surface area contributed by atoms with Crippen molar-refractivity contribution in [2.75, 3.05) is 6.61 Å². The summed E-state index contributed by atoms with van der Waals surface area (Å²) in [6.45, 7) is 4.99. The maximum Gasteiger partial charge on any atom is 0.373 e. The fraction of sp³-hybridized carbons (Fsp3) is 0.364. The molecular weight excluding hydrogens is 180 g/mol. The van der Waals surface area contributed by atoms with Crippen molar-refractivity contribution in [3.8, 4) is 5.75 Å². The predicted molar refractivity (Wildman–Crippen MR) is 52.0 cm³/mol. The van der Waals surface area contributed by atoms with Gasteiger partial charge >= 0.3 is 6.15 Å². The monoisotopic (exact) mass is 194 g/mol. The van der Waals surface area contributed by atoms with Crippen molar-refractivity contribution >= 4 is 6.15 Å². The largest absolute Gasteiger partial charge is 0.494 e. The van der Waals surface area contributed by atoms with E-state index in [0.29, 0.717) is 0 Å². The van der Waals surface area contributed by atoms with Crippen molar-refractivity contribution in [3.05, 3.63) is 29.8 Å². The highest BCUT2D eigenvalue weighted by Gasteiger charge is 1.89. The van der Waals surface area contributed by atoms with Gasteiger partial charge in [0.05, 0.1) is 6.61 Å². The van der Waals surface area contributed by atoms with Crippen molar-refractivity contribution in [2.45, 2.75) is 20.3 Å². The SMILES string of the molecule is CCCOc1ccc(C)cc1.O=C=O. The lowest BCUT2D eigenvalue weighted by Crippen LogP contribution is -1.94. The van der Waals surface area contributed by atoms with Crippen LogP contribution in [0.3, 0.4) is 0 Å². The Kier molecular flexibility index (Phi) is 7.10. The maximum atomic E-state index is 8.12. The highest BCUT2D eigenvalue weighted by atomic mass is 16.5. The molecule has 0 unspecified atom stereocenters. The molecule has 0 N–H and O–H groups in total. The van der Waals surface area contributed by atoms with Gasteiger partial charge in [-0.15, -0.1) is 0 Å². The van der Waals surface area contributed by atoms with Crippen LogP contribution in [0.15, 0.2) is 24.3 Å². The fourth-order valence-corrected chi connectivity index (χ4v) is 0.854. The summed E-state index contributed by atoms with van der Waals surface area (Å²) in [5.74, 6) is 0.970. The van der Waals surface area contributed by atoms with Gasteiger partial charge in [0.25, 0.3) is 0 Å². The van der Waals surface area contributed by atoms with Gasteiger partial charge in [0.1, 0.15) is 5.75 Å². The molecule has 3 heteroatoms. The van der Waals surface area contributed by atoms with Crippen LogP contribution < -0.4 is 4.74 Å². The van der Waals surface area contributed by atoms with Gasteiger partial charge in [0, 0.05) is 0 Å². The second kappa shape index (κ2) is 8.02. The van der Waals surface area contributed by atoms with Crippen LogP contribution in [0.1, 0.15) is 18.9 Å². The number of rotatable bonds is 3. The predicted octanol–water partition coefficient (Wildman–Crippen LogP) is 2.20. The van der Waals surface area contributed by atoms with Crippen LogP contribution in [0.5, 0.6) is 5.75 Å². The van der Waals surface area contributed by atoms with Crippen molar-refractivity contribution in [1.82, 2.24) is 0 Å². The van der Waals surface area contributed by atoms with Gasteiger partial charge in [0.2, 0.25) is 0 Å². The van der Waals surface area contributed by atoms with E-state index in [4.69, 9.17) is 14.3 Å². The molecule has 0 aliphatic heterocycles. The van der Waals surface area contributed by atoms with E-state index in [1.54, 1.807) is 0 Å². The molecule has 3 nitrogen and oxygen atoms in total.